The molecule has 0 bridgehead atoms. The maximum atomic E-state index is 12.0. The number of aliphatic carboxylic acids is 1. The molecule has 0 saturated heterocycles. The summed E-state index contributed by atoms with van der Waals surface area (Å²) < 4.78 is 0. The van der Waals surface area contributed by atoms with Gasteiger partial charge in [0.25, 0.3) is 0 Å². The topological polar surface area (TPSA) is 79.3 Å². The highest BCUT2D eigenvalue weighted by Crippen LogP contribution is 2.35. The molecule has 1 aromatic heterocycles. The molecule has 3 rings (SSSR count). The zero-order valence-corrected chi connectivity index (χ0v) is 12.9. The van der Waals surface area contributed by atoms with Gasteiger partial charge in [0.1, 0.15) is 10.5 Å². The molecule has 0 atom stereocenters. The molecule has 2 N–H and O–H groups in total. The lowest BCUT2D eigenvalue weighted by atomic mass is 10.2. The molecule has 1 aromatic carbocycles. The van der Waals surface area contributed by atoms with E-state index in [-0.39, 0.29) is 12.3 Å². The van der Waals surface area contributed by atoms with Crippen LogP contribution in [0.1, 0.15) is 24.1 Å². The highest BCUT2D eigenvalue weighted by molar-refractivity contribution is 7.13. The van der Waals surface area contributed by atoms with Gasteiger partial charge in [-0.3, -0.25) is 4.79 Å². The number of nitrogens with one attached hydrogen (secondary N) is 1. The maximum absolute atomic E-state index is 12.0. The number of amides is 1. The van der Waals surface area contributed by atoms with Gasteiger partial charge in [0.05, 0.1) is 12.1 Å². The van der Waals surface area contributed by atoms with Gasteiger partial charge in [-0.25, -0.2) is 9.78 Å². The third-order valence-corrected chi connectivity index (χ3v) is 4.67. The first-order valence-electron chi connectivity index (χ1n) is 7.04. The monoisotopic (exact) mass is 316 g/mol. The first-order valence-corrected chi connectivity index (χ1v) is 7.92. The van der Waals surface area contributed by atoms with Gasteiger partial charge in [0.15, 0.2) is 0 Å². The van der Waals surface area contributed by atoms with Crippen molar-refractivity contribution in [2.45, 2.75) is 31.7 Å². The minimum atomic E-state index is -1.03. The molecule has 1 fully saturated rings. The number of hydrogen-bond acceptors (Lipinski definition) is 4. The quantitative estimate of drug-likeness (QED) is 0.887. The number of carboxylic acids is 1. The minimum absolute atomic E-state index is 0.109. The van der Waals surface area contributed by atoms with E-state index >= 15 is 0 Å². The van der Waals surface area contributed by atoms with Crippen LogP contribution in [-0.4, -0.2) is 27.5 Å². The van der Waals surface area contributed by atoms with Gasteiger partial charge in [-0.05, 0) is 19.8 Å². The second-order valence-corrected chi connectivity index (χ2v) is 6.48. The molecule has 1 saturated carbocycles. The first-order chi connectivity index (χ1) is 10.5. The number of aromatic nitrogens is 1. The predicted octanol–water partition coefficient (Wildman–Crippen LogP) is 2.39. The third kappa shape index (κ3) is 3.01. The number of hydrogen-bond donors (Lipinski definition) is 2. The van der Waals surface area contributed by atoms with Gasteiger partial charge in [-0.15, -0.1) is 11.3 Å². The van der Waals surface area contributed by atoms with Gasteiger partial charge < -0.3 is 10.4 Å². The Labute approximate surface area is 132 Å². The molecule has 6 heteroatoms. The van der Waals surface area contributed by atoms with Gasteiger partial charge in [-0.1, -0.05) is 29.8 Å². The van der Waals surface area contributed by atoms with Crippen molar-refractivity contribution in [3.05, 3.63) is 40.9 Å². The van der Waals surface area contributed by atoms with Crippen LogP contribution in [0.25, 0.3) is 10.6 Å². The summed E-state index contributed by atoms with van der Waals surface area (Å²) in [4.78, 5) is 27.5. The van der Waals surface area contributed by atoms with E-state index < -0.39 is 11.5 Å². The summed E-state index contributed by atoms with van der Waals surface area (Å²) in [5.74, 6) is -1.25. The first kappa shape index (κ1) is 14.7. The van der Waals surface area contributed by atoms with E-state index in [1.54, 1.807) is 0 Å². The normalized spacial score (nSPS) is 15.3. The third-order valence-electron chi connectivity index (χ3n) is 3.73. The summed E-state index contributed by atoms with van der Waals surface area (Å²) in [6.07, 6.45) is 1.11. The van der Waals surface area contributed by atoms with Crippen LogP contribution in [-0.2, 0) is 16.0 Å². The van der Waals surface area contributed by atoms with Crippen molar-refractivity contribution in [2.75, 3.05) is 0 Å². The zero-order valence-electron chi connectivity index (χ0n) is 12.1. The molecule has 1 amide bonds. The van der Waals surface area contributed by atoms with Crippen LogP contribution >= 0.6 is 11.3 Å². The Morgan fingerprint density at radius 2 is 2.00 bits per heavy atom. The number of nitrogens with zero attached hydrogens (tertiary/aromatic N) is 1. The highest BCUT2D eigenvalue weighted by Gasteiger charge is 2.51. The second kappa shape index (κ2) is 5.53. The van der Waals surface area contributed by atoms with Crippen LogP contribution in [0.15, 0.2) is 29.6 Å². The lowest BCUT2D eigenvalue weighted by Crippen LogP contribution is -2.43. The molecule has 1 heterocycles. The zero-order chi connectivity index (χ0) is 15.7. The molecule has 1 aliphatic carbocycles. The Bertz CT molecular complexity index is 717. The highest BCUT2D eigenvalue weighted by atomic mass is 32.1. The molecule has 22 heavy (non-hydrogen) atoms. The SMILES string of the molecule is Cc1ccc(-c2nc(CC(=O)NC3(C(=O)O)CC3)cs2)cc1. The molecule has 0 unspecified atom stereocenters. The van der Waals surface area contributed by atoms with Crippen LogP contribution in [0.3, 0.4) is 0 Å². The number of carboxylic acid groups (broad SMARTS) is 1. The Morgan fingerprint density at radius 1 is 1.32 bits per heavy atom. The van der Waals surface area contributed by atoms with Crippen LogP contribution in [0.4, 0.5) is 0 Å². The Hall–Kier alpha value is -2.21. The lowest BCUT2D eigenvalue weighted by molar-refractivity contribution is -0.143. The summed E-state index contributed by atoms with van der Waals surface area (Å²) in [6, 6.07) is 8.04. The molecular weight excluding hydrogens is 300 g/mol. The van der Waals surface area contributed by atoms with Crippen molar-refractivity contribution in [1.29, 1.82) is 0 Å². The molecule has 5 nitrogen and oxygen atoms in total. The van der Waals surface area contributed by atoms with Crippen molar-refractivity contribution in [3.8, 4) is 10.6 Å². The smallest absolute Gasteiger partial charge is 0.329 e. The standard InChI is InChI=1S/C16H16N2O3S/c1-10-2-4-11(5-3-10)14-17-12(9-22-14)8-13(19)18-16(6-7-16)15(20)21/h2-5,9H,6-8H2,1H3,(H,18,19)(H,20,21). The molecule has 0 aliphatic heterocycles. The predicted molar refractivity (Wildman–Crippen MR) is 83.7 cm³/mol. The van der Waals surface area contributed by atoms with Crippen LogP contribution < -0.4 is 5.32 Å². The average Bonchev–Trinajstić information content (AvgIpc) is 3.11. The number of benzene rings is 1. The molecule has 114 valence electrons. The Morgan fingerprint density at radius 3 is 2.59 bits per heavy atom. The summed E-state index contributed by atoms with van der Waals surface area (Å²) in [5.41, 5.74) is 1.83. The maximum Gasteiger partial charge on any atom is 0.329 e. The van der Waals surface area contributed by atoms with Crippen molar-refractivity contribution in [3.63, 3.8) is 0 Å². The number of thiazole rings is 1. The summed E-state index contributed by atoms with van der Waals surface area (Å²) in [5, 5.41) is 14.4. The van der Waals surface area contributed by atoms with E-state index in [4.69, 9.17) is 5.11 Å². The second-order valence-electron chi connectivity index (χ2n) is 5.62. The molecular formula is C16H16N2O3S. The number of rotatable bonds is 5. The van der Waals surface area contributed by atoms with E-state index in [1.807, 2.05) is 36.6 Å². The van der Waals surface area contributed by atoms with Gasteiger partial charge in [-0.2, -0.15) is 0 Å². The molecule has 2 aromatic rings. The summed E-state index contributed by atoms with van der Waals surface area (Å²) in [7, 11) is 0. The fourth-order valence-electron chi connectivity index (χ4n) is 2.21. The number of carbonyl (C=O) groups is 2. The van der Waals surface area contributed by atoms with E-state index in [9.17, 15) is 9.59 Å². The average molecular weight is 316 g/mol. The van der Waals surface area contributed by atoms with Crippen LogP contribution in [0.2, 0.25) is 0 Å². The van der Waals surface area contributed by atoms with Gasteiger partial charge in [0.2, 0.25) is 5.91 Å². The molecule has 0 spiro atoms. The number of carbonyl (C=O) groups excluding carboxylic acids is 1. The molecule has 1 aliphatic rings. The minimum Gasteiger partial charge on any atom is -0.480 e. The van der Waals surface area contributed by atoms with E-state index in [1.165, 1.54) is 16.9 Å². The van der Waals surface area contributed by atoms with Crippen molar-refractivity contribution < 1.29 is 14.7 Å². The molecule has 0 radical (unpaired) electrons. The largest absolute Gasteiger partial charge is 0.480 e. The van der Waals surface area contributed by atoms with E-state index in [0.717, 1.165) is 10.6 Å². The Balaban J connectivity index is 1.65. The van der Waals surface area contributed by atoms with Gasteiger partial charge in [0, 0.05) is 10.9 Å². The van der Waals surface area contributed by atoms with Crippen LogP contribution in [0.5, 0.6) is 0 Å². The van der Waals surface area contributed by atoms with E-state index in [2.05, 4.69) is 10.3 Å². The van der Waals surface area contributed by atoms with Crippen molar-refractivity contribution in [1.82, 2.24) is 10.3 Å². The number of aryl methyl sites for hydroxylation is 1. The lowest BCUT2D eigenvalue weighted by Gasteiger charge is -2.11. The van der Waals surface area contributed by atoms with E-state index in [0.29, 0.717) is 18.5 Å². The summed E-state index contributed by atoms with van der Waals surface area (Å²) >= 11 is 1.48. The Kier molecular flexibility index (Phi) is 3.70. The summed E-state index contributed by atoms with van der Waals surface area (Å²) in [6.45, 7) is 2.03. The van der Waals surface area contributed by atoms with Gasteiger partial charge >= 0.3 is 5.97 Å². The van der Waals surface area contributed by atoms with Crippen LogP contribution in [0, 0.1) is 6.92 Å². The van der Waals surface area contributed by atoms with Crippen molar-refractivity contribution in [2.24, 2.45) is 0 Å². The fraction of sp³-hybridized carbons (Fsp3) is 0.312. The van der Waals surface area contributed by atoms with Crippen molar-refractivity contribution >= 4 is 23.2 Å². The fourth-order valence-corrected chi connectivity index (χ4v) is 3.04.